The van der Waals surface area contributed by atoms with Crippen molar-refractivity contribution in [3.8, 4) is 0 Å². The van der Waals surface area contributed by atoms with Crippen LogP contribution in [-0.4, -0.2) is 42.5 Å². The van der Waals surface area contributed by atoms with Crippen molar-refractivity contribution < 1.29 is 28.7 Å². The summed E-state index contributed by atoms with van der Waals surface area (Å²) in [4.78, 5) is 60.1. The molecule has 8 nitrogen and oxygen atoms in total. The molecule has 0 saturated heterocycles. The fourth-order valence-electron chi connectivity index (χ4n) is 2.99. The number of benzene rings is 2. The Kier molecular flexibility index (Phi) is 5.82. The monoisotopic (exact) mass is 394 g/mol. The van der Waals surface area contributed by atoms with Crippen molar-refractivity contribution in [2.45, 2.75) is 13.3 Å². The molecular formula is C21H18N2O6. The van der Waals surface area contributed by atoms with Gasteiger partial charge in [-0.3, -0.25) is 24.0 Å². The van der Waals surface area contributed by atoms with E-state index in [1.807, 2.05) is 0 Å². The summed E-state index contributed by atoms with van der Waals surface area (Å²) in [6, 6.07) is 11.1. The summed E-state index contributed by atoms with van der Waals surface area (Å²) >= 11 is 0. The van der Waals surface area contributed by atoms with Crippen molar-refractivity contribution in [1.82, 2.24) is 5.32 Å². The molecule has 1 aliphatic rings. The van der Waals surface area contributed by atoms with E-state index in [4.69, 9.17) is 4.74 Å². The van der Waals surface area contributed by atoms with Crippen LogP contribution in [0, 0.1) is 0 Å². The SMILES string of the molecule is CC(=O)NCCC(=O)OCC(=O)Nc1cccc2c1C(=O)c1ccccc1C2=O. The molecule has 1 aliphatic carbocycles. The molecule has 8 heteroatoms. The van der Waals surface area contributed by atoms with Gasteiger partial charge in [-0.15, -0.1) is 0 Å². The number of esters is 1. The summed E-state index contributed by atoms with van der Waals surface area (Å²) in [5.74, 6) is -2.23. The molecule has 3 rings (SSSR count). The molecular weight excluding hydrogens is 376 g/mol. The third-order valence-electron chi connectivity index (χ3n) is 4.29. The van der Waals surface area contributed by atoms with Gasteiger partial charge in [0.05, 0.1) is 17.7 Å². The Balaban J connectivity index is 1.69. The molecule has 0 spiro atoms. The molecule has 2 aromatic carbocycles. The van der Waals surface area contributed by atoms with Gasteiger partial charge in [0, 0.05) is 30.2 Å². The van der Waals surface area contributed by atoms with E-state index < -0.39 is 18.5 Å². The van der Waals surface area contributed by atoms with E-state index in [2.05, 4.69) is 10.6 Å². The van der Waals surface area contributed by atoms with E-state index in [9.17, 15) is 24.0 Å². The average Bonchev–Trinajstić information content (AvgIpc) is 2.70. The Morgan fingerprint density at radius 1 is 0.897 bits per heavy atom. The van der Waals surface area contributed by atoms with Gasteiger partial charge in [-0.25, -0.2) is 0 Å². The van der Waals surface area contributed by atoms with Crippen LogP contribution in [-0.2, 0) is 19.1 Å². The summed E-state index contributed by atoms with van der Waals surface area (Å²) < 4.78 is 4.85. The fraction of sp³-hybridized carbons (Fsp3) is 0.190. The van der Waals surface area contributed by atoms with Crippen LogP contribution < -0.4 is 10.6 Å². The number of rotatable bonds is 6. The highest BCUT2D eigenvalue weighted by Crippen LogP contribution is 2.31. The maximum atomic E-state index is 12.9. The first-order valence-electron chi connectivity index (χ1n) is 8.90. The van der Waals surface area contributed by atoms with Gasteiger partial charge in [-0.2, -0.15) is 0 Å². The first-order chi connectivity index (χ1) is 13.9. The molecule has 0 unspecified atom stereocenters. The lowest BCUT2D eigenvalue weighted by atomic mass is 9.83. The third-order valence-corrected chi connectivity index (χ3v) is 4.29. The molecule has 148 valence electrons. The standard InChI is InChI=1S/C21H18N2O6/c1-12(24)22-10-9-18(26)29-11-17(25)23-16-8-4-7-15-19(16)21(28)14-6-3-2-5-13(14)20(15)27/h2-8H,9-11H2,1H3,(H,22,24)(H,23,25). The zero-order valence-electron chi connectivity index (χ0n) is 15.6. The minimum absolute atomic E-state index is 0.0721. The van der Waals surface area contributed by atoms with Crippen molar-refractivity contribution in [2.75, 3.05) is 18.5 Å². The highest BCUT2D eigenvalue weighted by atomic mass is 16.5. The molecule has 0 atom stereocenters. The highest BCUT2D eigenvalue weighted by molar-refractivity contribution is 6.30. The number of ether oxygens (including phenoxy) is 1. The van der Waals surface area contributed by atoms with Gasteiger partial charge >= 0.3 is 5.97 Å². The van der Waals surface area contributed by atoms with Crippen LogP contribution in [0.5, 0.6) is 0 Å². The Labute approximate surface area is 166 Å². The summed E-state index contributed by atoms with van der Waals surface area (Å²) in [5, 5.41) is 4.97. The van der Waals surface area contributed by atoms with Crippen LogP contribution in [0.3, 0.4) is 0 Å². The van der Waals surface area contributed by atoms with Gasteiger partial charge < -0.3 is 15.4 Å². The predicted octanol–water partition coefficient (Wildman–Crippen LogP) is 1.47. The van der Waals surface area contributed by atoms with E-state index in [1.165, 1.54) is 19.1 Å². The summed E-state index contributed by atoms with van der Waals surface area (Å²) in [7, 11) is 0. The number of ketones is 2. The first-order valence-corrected chi connectivity index (χ1v) is 8.90. The molecule has 0 fully saturated rings. The minimum Gasteiger partial charge on any atom is -0.456 e. The number of nitrogens with one attached hydrogen (secondary N) is 2. The molecule has 2 N–H and O–H groups in total. The summed E-state index contributed by atoms with van der Waals surface area (Å²) in [5.41, 5.74) is 1.09. The van der Waals surface area contributed by atoms with Crippen LogP contribution in [0.15, 0.2) is 42.5 Å². The van der Waals surface area contributed by atoms with Gasteiger partial charge in [-0.05, 0) is 6.07 Å². The van der Waals surface area contributed by atoms with Crippen molar-refractivity contribution in [3.05, 3.63) is 64.7 Å². The number of amides is 2. The number of hydrogen-bond acceptors (Lipinski definition) is 6. The summed E-state index contributed by atoms with van der Waals surface area (Å²) in [6.07, 6.45) is -0.0721. The van der Waals surface area contributed by atoms with E-state index in [-0.39, 0.29) is 52.8 Å². The van der Waals surface area contributed by atoms with Gasteiger partial charge in [-0.1, -0.05) is 36.4 Å². The molecule has 0 saturated carbocycles. The number of anilines is 1. The van der Waals surface area contributed by atoms with Crippen LogP contribution in [0.1, 0.15) is 45.2 Å². The molecule has 0 heterocycles. The van der Waals surface area contributed by atoms with Gasteiger partial charge in [0.1, 0.15) is 0 Å². The van der Waals surface area contributed by atoms with Gasteiger partial charge in [0.15, 0.2) is 18.2 Å². The lowest BCUT2D eigenvalue weighted by Crippen LogP contribution is -2.27. The zero-order valence-corrected chi connectivity index (χ0v) is 15.6. The van der Waals surface area contributed by atoms with Crippen molar-refractivity contribution in [2.24, 2.45) is 0 Å². The van der Waals surface area contributed by atoms with E-state index in [1.54, 1.807) is 30.3 Å². The van der Waals surface area contributed by atoms with Crippen LogP contribution in [0.25, 0.3) is 0 Å². The molecule has 2 amide bonds. The van der Waals surface area contributed by atoms with Gasteiger partial charge in [0.25, 0.3) is 5.91 Å². The van der Waals surface area contributed by atoms with E-state index in [0.29, 0.717) is 5.56 Å². The normalized spacial score (nSPS) is 11.9. The molecule has 0 radical (unpaired) electrons. The lowest BCUT2D eigenvalue weighted by molar-refractivity contribution is -0.147. The number of carbonyl (C=O) groups is 5. The first kappa shape index (κ1) is 19.9. The number of hydrogen-bond donors (Lipinski definition) is 2. The predicted molar refractivity (Wildman–Crippen MR) is 103 cm³/mol. The largest absolute Gasteiger partial charge is 0.456 e. The second-order valence-electron chi connectivity index (χ2n) is 6.37. The lowest BCUT2D eigenvalue weighted by Gasteiger charge is -2.20. The van der Waals surface area contributed by atoms with Crippen molar-refractivity contribution in [3.63, 3.8) is 0 Å². The second kappa shape index (κ2) is 8.47. The molecule has 2 aromatic rings. The number of carbonyl (C=O) groups excluding carboxylic acids is 5. The molecule has 0 aliphatic heterocycles. The van der Waals surface area contributed by atoms with Crippen LogP contribution in [0.2, 0.25) is 0 Å². The van der Waals surface area contributed by atoms with Crippen LogP contribution in [0.4, 0.5) is 5.69 Å². The molecule has 0 bridgehead atoms. The Morgan fingerprint density at radius 3 is 2.24 bits per heavy atom. The van der Waals surface area contributed by atoms with E-state index in [0.717, 1.165) is 0 Å². The quantitative estimate of drug-likeness (QED) is 0.611. The molecule has 0 aromatic heterocycles. The maximum absolute atomic E-state index is 12.9. The van der Waals surface area contributed by atoms with E-state index >= 15 is 0 Å². The van der Waals surface area contributed by atoms with Crippen LogP contribution >= 0.6 is 0 Å². The highest BCUT2D eigenvalue weighted by Gasteiger charge is 2.31. The topological polar surface area (TPSA) is 119 Å². The minimum atomic E-state index is -0.649. The zero-order chi connectivity index (χ0) is 21.0. The number of fused-ring (bicyclic) bond motifs is 2. The average molecular weight is 394 g/mol. The molecule has 29 heavy (non-hydrogen) atoms. The van der Waals surface area contributed by atoms with Crippen molar-refractivity contribution >= 4 is 35.0 Å². The Bertz CT molecular complexity index is 1030. The van der Waals surface area contributed by atoms with Gasteiger partial charge in [0.2, 0.25) is 5.91 Å². The Morgan fingerprint density at radius 2 is 1.55 bits per heavy atom. The van der Waals surface area contributed by atoms with Crippen molar-refractivity contribution in [1.29, 1.82) is 0 Å². The smallest absolute Gasteiger partial charge is 0.308 e. The maximum Gasteiger partial charge on any atom is 0.308 e. The summed E-state index contributed by atoms with van der Waals surface area (Å²) in [6.45, 7) is 0.878. The Hall–Kier alpha value is -3.81. The fourth-order valence-corrected chi connectivity index (χ4v) is 2.99. The second-order valence-corrected chi connectivity index (χ2v) is 6.37. The third kappa shape index (κ3) is 4.37.